The molecule has 5 N–H and O–H groups in total. The number of phenolic OH excluding ortho intramolecular Hbond substituents is 1. The fraction of sp³-hybridized carbons (Fsp3) is 0.368. The number of carbonyl (C=O) groups is 2. The Balaban J connectivity index is 2.19. The molecule has 0 aliphatic heterocycles. The zero-order valence-electron chi connectivity index (χ0n) is 16.3. The maximum Gasteiger partial charge on any atom is 0.475 e. The number of amides is 2. The van der Waals surface area contributed by atoms with E-state index in [4.69, 9.17) is 0 Å². The molecular formula is C19H25BN4O5. The number of hydrogen-bond donors (Lipinski definition) is 5. The summed E-state index contributed by atoms with van der Waals surface area (Å²) in [6, 6.07) is 5.23. The van der Waals surface area contributed by atoms with Crippen LogP contribution in [0.5, 0.6) is 5.75 Å². The van der Waals surface area contributed by atoms with Gasteiger partial charge in [0.15, 0.2) is 0 Å². The Morgan fingerprint density at radius 2 is 1.79 bits per heavy atom. The molecule has 1 aromatic heterocycles. The van der Waals surface area contributed by atoms with Gasteiger partial charge in [-0.15, -0.1) is 0 Å². The van der Waals surface area contributed by atoms with Gasteiger partial charge in [-0.25, -0.2) is 4.98 Å². The Bertz CT molecular complexity index is 802. The van der Waals surface area contributed by atoms with Crippen LogP contribution >= 0.6 is 0 Å². The zero-order chi connectivity index (χ0) is 21.4. The zero-order valence-corrected chi connectivity index (χ0v) is 16.3. The van der Waals surface area contributed by atoms with E-state index in [0.717, 1.165) is 0 Å². The molecule has 0 aliphatic rings. The lowest BCUT2D eigenvalue weighted by atomic mass is 9.75. The van der Waals surface area contributed by atoms with Gasteiger partial charge in [0, 0.05) is 18.8 Å². The summed E-state index contributed by atoms with van der Waals surface area (Å²) in [6.45, 7) is 3.79. The molecule has 1 heterocycles. The van der Waals surface area contributed by atoms with E-state index in [1.165, 1.54) is 30.7 Å². The lowest BCUT2D eigenvalue weighted by molar-refractivity contribution is -0.123. The normalized spacial score (nSPS) is 12.9. The molecule has 0 unspecified atom stereocenters. The number of aromatic hydroxyl groups is 1. The largest absolute Gasteiger partial charge is 0.508 e. The van der Waals surface area contributed by atoms with Gasteiger partial charge < -0.3 is 25.8 Å². The minimum absolute atomic E-state index is 0.0527. The summed E-state index contributed by atoms with van der Waals surface area (Å²) in [7, 11) is -1.73. The molecule has 2 aromatic rings. The molecule has 9 nitrogen and oxygen atoms in total. The van der Waals surface area contributed by atoms with Crippen LogP contribution in [-0.2, 0) is 11.2 Å². The Morgan fingerprint density at radius 1 is 1.10 bits per heavy atom. The number of nitrogens with one attached hydrogen (secondary N) is 2. The van der Waals surface area contributed by atoms with Gasteiger partial charge in [-0.2, -0.15) is 0 Å². The molecule has 29 heavy (non-hydrogen) atoms. The van der Waals surface area contributed by atoms with Crippen molar-refractivity contribution in [2.75, 3.05) is 0 Å². The minimum Gasteiger partial charge on any atom is -0.508 e. The SMILES string of the molecule is CC(C)C[C@H](NC(=O)[C@H](Cc1ccc(O)cc1)NC(=O)c1cnccn1)B(O)O. The molecule has 1 aromatic carbocycles. The van der Waals surface area contributed by atoms with Crippen molar-refractivity contribution in [3.05, 3.63) is 54.1 Å². The van der Waals surface area contributed by atoms with E-state index in [-0.39, 0.29) is 23.8 Å². The van der Waals surface area contributed by atoms with E-state index in [1.54, 1.807) is 12.1 Å². The summed E-state index contributed by atoms with van der Waals surface area (Å²) < 4.78 is 0. The Hall–Kier alpha value is -2.98. The quantitative estimate of drug-likeness (QED) is 0.375. The van der Waals surface area contributed by atoms with Crippen molar-refractivity contribution in [3.63, 3.8) is 0 Å². The van der Waals surface area contributed by atoms with Gasteiger partial charge in [0.1, 0.15) is 17.5 Å². The summed E-state index contributed by atoms with van der Waals surface area (Å²) >= 11 is 0. The first-order valence-corrected chi connectivity index (χ1v) is 9.27. The van der Waals surface area contributed by atoms with E-state index in [0.29, 0.717) is 12.0 Å². The fourth-order valence-corrected chi connectivity index (χ4v) is 2.77. The first-order valence-electron chi connectivity index (χ1n) is 9.27. The monoisotopic (exact) mass is 400 g/mol. The highest BCUT2D eigenvalue weighted by Gasteiger charge is 2.30. The first kappa shape index (κ1) is 22.3. The molecule has 0 saturated carbocycles. The molecule has 0 bridgehead atoms. The van der Waals surface area contributed by atoms with E-state index >= 15 is 0 Å². The third-order valence-electron chi connectivity index (χ3n) is 4.21. The predicted molar refractivity (Wildman–Crippen MR) is 107 cm³/mol. The average molecular weight is 400 g/mol. The van der Waals surface area contributed by atoms with Crippen LogP contribution in [-0.4, -0.2) is 56.0 Å². The number of hydrogen-bond acceptors (Lipinski definition) is 7. The van der Waals surface area contributed by atoms with Gasteiger partial charge in [-0.05, 0) is 30.0 Å². The minimum atomic E-state index is -1.73. The van der Waals surface area contributed by atoms with Crippen molar-refractivity contribution >= 4 is 18.9 Å². The van der Waals surface area contributed by atoms with Gasteiger partial charge in [0.2, 0.25) is 5.91 Å². The molecule has 0 spiro atoms. The summed E-state index contributed by atoms with van der Waals surface area (Å²) in [5.41, 5.74) is 0.754. The van der Waals surface area contributed by atoms with Crippen molar-refractivity contribution in [3.8, 4) is 5.75 Å². The van der Waals surface area contributed by atoms with Crippen LogP contribution in [0.15, 0.2) is 42.9 Å². The summed E-state index contributed by atoms with van der Waals surface area (Å²) in [5.74, 6) is -1.82. The lowest BCUT2D eigenvalue weighted by Crippen LogP contribution is -2.55. The second-order valence-corrected chi connectivity index (χ2v) is 7.15. The second-order valence-electron chi connectivity index (χ2n) is 7.15. The third kappa shape index (κ3) is 7.17. The number of phenols is 1. The average Bonchev–Trinajstić information content (AvgIpc) is 2.68. The molecule has 0 aliphatic carbocycles. The molecule has 0 radical (unpaired) electrons. The number of aromatic nitrogens is 2. The highest BCUT2D eigenvalue weighted by Crippen LogP contribution is 2.12. The second kappa shape index (κ2) is 10.5. The van der Waals surface area contributed by atoms with Gasteiger partial charge in [-0.3, -0.25) is 14.6 Å². The third-order valence-corrected chi connectivity index (χ3v) is 4.21. The van der Waals surface area contributed by atoms with E-state index in [1.807, 2.05) is 13.8 Å². The van der Waals surface area contributed by atoms with E-state index < -0.39 is 30.9 Å². The smallest absolute Gasteiger partial charge is 0.475 e. The predicted octanol–water partition coefficient (Wildman–Crippen LogP) is 0.0662. The van der Waals surface area contributed by atoms with Crippen LogP contribution in [0.3, 0.4) is 0 Å². The van der Waals surface area contributed by atoms with E-state index in [2.05, 4.69) is 20.6 Å². The van der Waals surface area contributed by atoms with Crippen molar-refractivity contribution in [1.29, 1.82) is 0 Å². The molecule has 2 atom stereocenters. The molecule has 154 valence electrons. The first-order chi connectivity index (χ1) is 13.8. The van der Waals surface area contributed by atoms with Gasteiger partial charge in [0.05, 0.1) is 12.1 Å². The van der Waals surface area contributed by atoms with Crippen molar-refractivity contribution < 1.29 is 24.7 Å². The fourth-order valence-electron chi connectivity index (χ4n) is 2.77. The molecular weight excluding hydrogens is 375 g/mol. The van der Waals surface area contributed by atoms with Crippen LogP contribution in [0.2, 0.25) is 0 Å². The summed E-state index contributed by atoms with van der Waals surface area (Å²) in [4.78, 5) is 33.1. The Morgan fingerprint density at radius 3 is 2.34 bits per heavy atom. The molecule has 0 saturated heterocycles. The summed E-state index contributed by atoms with van der Waals surface area (Å²) in [5, 5.41) is 33.8. The van der Waals surface area contributed by atoms with Crippen LogP contribution in [0.1, 0.15) is 36.3 Å². The highest BCUT2D eigenvalue weighted by molar-refractivity contribution is 6.43. The summed E-state index contributed by atoms with van der Waals surface area (Å²) in [6.07, 6.45) is 4.56. The highest BCUT2D eigenvalue weighted by atomic mass is 16.4. The van der Waals surface area contributed by atoms with Crippen molar-refractivity contribution in [2.24, 2.45) is 5.92 Å². The number of rotatable bonds is 9. The topological polar surface area (TPSA) is 145 Å². The molecule has 2 rings (SSSR count). The van der Waals surface area contributed by atoms with Crippen molar-refractivity contribution in [1.82, 2.24) is 20.6 Å². The number of carbonyl (C=O) groups excluding carboxylic acids is 2. The lowest BCUT2D eigenvalue weighted by Gasteiger charge is -2.24. The molecule has 10 heteroatoms. The molecule has 0 fully saturated rings. The van der Waals surface area contributed by atoms with Crippen LogP contribution in [0, 0.1) is 5.92 Å². The number of benzene rings is 1. The van der Waals surface area contributed by atoms with Crippen molar-refractivity contribution in [2.45, 2.75) is 38.7 Å². The Kier molecular flexibility index (Phi) is 8.11. The maximum atomic E-state index is 12.8. The standard InChI is InChI=1S/C19H25BN4O5/c1-12(2)9-17(20(28)29)24-18(26)15(10-13-3-5-14(25)6-4-13)23-19(27)16-11-21-7-8-22-16/h3-8,11-12,15,17,25,28-29H,9-10H2,1-2H3,(H,23,27)(H,24,26)/t15-,17-/m0/s1. The van der Waals surface area contributed by atoms with Crippen LogP contribution in [0.25, 0.3) is 0 Å². The molecule has 2 amide bonds. The maximum absolute atomic E-state index is 12.8. The van der Waals surface area contributed by atoms with Gasteiger partial charge >= 0.3 is 7.12 Å². The Labute approximate surface area is 169 Å². The van der Waals surface area contributed by atoms with Crippen LogP contribution < -0.4 is 10.6 Å². The van der Waals surface area contributed by atoms with Gasteiger partial charge in [-0.1, -0.05) is 26.0 Å². The van der Waals surface area contributed by atoms with Crippen LogP contribution in [0.4, 0.5) is 0 Å². The van der Waals surface area contributed by atoms with E-state index in [9.17, 15) is 24.7 Å². The number of nitrogens with zero attached hydrogens (tertiary/aromatic N) is 2. The van der Waals surface area contributed by atoms with Gasteiger partial charge in [0.25, 0.3) is 5.91 Å².